The highest BCUT2D eigenvalue weighted by atomic mass is 19.1. The van der Waals surface area contributed by atoms with Gasteiger partial charge in [-0.3, -0.25) is 4.90 Å². The molecule has 0 radical (unpaired) electrons. The highest BCUT2D eigenvalue weighted by Crippen LogP contribution is 2.16. The largest absolute Gasteiger partial charge is 0.354 e. The van der Waals surface area contributed by atoms with Crippen LogP contribution in [0.2, 0.25) is 0 Å². The van der Waals surface area contributed by atoms with E-state index in [9.17, 15) is 4.39 Å². The third-order valence-electron chi connectivity index (χ3n) is 3.91. The van der Waals surface area contributed by atoms with Crippen LogP contribution in [-0.4, -0.2) is 36.1 Å². The van der Waals surface area contributed by atoms with Crippen LogP contribution in [0.15, 0.2) is 42.6 Å². The Morgan fingerprint density at radius 1 is 1.14 bits per heavy atom. The van der Waals surface area contributed by atoms with E-state index in [1.165, 1.54) is 12.1 Å². The Labute approximate surface area is 129 Å². The molecule has 0 saturated carbocycles. The number of aromatic nitrogens is 1. The van der Waals surface area contributed by atoms with E-state index in [0.717, 1.165) is 32.0 Å². The fraction of sp³-hybridized carbons (Fsp3) is 0.294. The van der Waals surface area contributed by atoms with E-state index < -0.39 is 0 Å². The van der Waals surface area contributed by atoms with Crippen LogP contribution in [-0.2, 0) is 6.54 Å². The molecule has 1 aliphatic rings. The van der Waals surface area contributed by atoms with Crippen molar-refractivity contribution in [3.63, 3.8) is 0 Å². The first-order chi connectivity index (χ1) is 10.8. The van der Waals surface area contributed by atoms with Crippen LogP contribution in [0.25, 0.3) is 0 Å². The minimum absolute atomic E-state index is 0.244. The van der Waals surface area contributed by atoms with Crippen LogP contribution >= 0.6 is 0 Å². The molecule has 2 aromatic rings. The SMILES string of the molecule is N#Cc1ccc(F)c(CN2CCN(c3ccccn3)CC2)c1. The van der Waals surface area contributed by atoms with Gasteiger partial charge in [0.1, 0.15) is 11.6 Å². The van der Waals surface area contributed by atoms with Gasteiger partial charge in [-0.25, -0.2) is 9.37 Å². The number of halogens is 1. The molecular weight excluding hydrogens is 279 g/mol. The lowest BCUT2D eigenvalue weighted by Gasteiger charge is -2.35. The molecule has 0 spiro atoms. The highest BCUT2D eigenvalue weighted by molar-refractivity contribution is 5.38. The molecule has 1 fully saturated rings. The summed E-state index contributed by atoms with van der Waals surface area (Å²) < 4.78 is 13.8. The summed E-state index contributed by atoms with van der Waals surface area (Å²) in [5.41, 5.74) is 1.09. The normalized spacial score (nSPS) is 15.5. The minimum atomic E-state index is -0.244. The van der Waals surface area contributed by atoms with Crippen molar-refractivity contribution < 1.29 is 4.39 Å². The average Bonchev–Trinajstić information content (AvgIpc) is 2.58. The predicted molar refractivity (Wildman–Crippen MR) is 82.8 cm³/mol. The number of piperazine rings is 1. The molecule has 0 bridgehead atoms. The van der Waals surface area contributed by atoms with E-state index in [-0.39, 0.29) is 5.82 Å². The number of benzene rings is 1. The molecule has 1 saturated heterocycles. The van der Waals surface area contributed by atoms with Gasteiger partial charge < -0.3 is 4.90 Å². The van der Waals surface area contributed by atoms with Crippen LogP contribution < -0.4 is 4.90 Å². The van der Waals surface area contributed by atoms with Gasteiger partial charge in [0.05, 0.1) is 11.6 Å². The van der Waals surface area contributed by atoms with Gasteiger partial charge in [0.2, 0.25) is 0 Å². The molecular formula is C17H17FN4. The number of rotatable bonds is 3. The first-order valence-electron chi connectivity index (χ1n) is 7.33. The Morgan fingerprint density at radius 3 is 2.64 bits per heavy atom. The van der Waals surface area contributed by atoms with E-state index in [1.807, 2.05) is 18.2 Å². The van der Waals surface area contributed by atoms with Gasteiger partial charge in [0.25, 0.3) is 0 Å². The number of pyridine rings is 1. The molecule has 0 aliphatic carbocycles. The Morgan fingerprint density at radius 2 is 1.95 bits per heavy atom. The van der Waals surface area contributed by atoms with Gasteiger partial charge >= 0.3 is 0 Å². The van der Waals surface area contributed by atoms with Gasteiger partial charge in [0.15, 0.2) is 0 Å². The quantitative estimate of drug-likeness (QED) is 0.872. The zero-order valence-electron chi connectivity index (χ0n) is 12.2. The molecule has 0 N–H and O–H groups in total. The van der Waals surface area contributed by atoms with Crippen molar-refractivity contribution in [2.45, 2.75) is 6.54 Å². The maximum atomic E-state index is 13.8. The molecule has 1 aromatic carbocycles. The van der Waals surface area contributed by atoms with Crippen molar-refractivity contribution in [1.29, 1.82) is 5.26 Å². The fourth-order valence-corrected chi connectivity index (χ4v) is 2.68. The van der Waals surface area contributed by atoms with Gasteiger partial charge in [0, 0.05) is 44.5 Å². The third kappa shape index (κ3) is 3.23. The second-order valence-electron chi connectivity index (χ2n) is 5.37. The van der Waals surface area contributed by atoms with Crippen LogP contribution in [0.4, 0.5) is 10.2 Å². The number of hydrogen-bond acceptors (Lipinski definition) is 4. The zero-order chi connectivity index (χ0) is 15.4. The third-order valence-corrected chi connectivity index (χ3v) is 3.91. The van der Waals surface area contributed by atoms with Crippen molar-refractivity contribution >= 4 is 5.82 Å². The molecule has 0 atom stereocenters. The summed E-state index contributed by atoms with van der Waals surface area (Å²) in [5.74, 6) is 0.742. The lowest BCUT2D eigenvalue weighted by Crippen LogP contribution is -2.46. The van der Waals surface area contributed by atoms with Crippen LogP contribution in [0.3, 0.4) is 0 Å². The lowest BCUT2D eigenvalue weighted by atomic mass is 10.1. The Bertz CT molecular complexity index is 673. The monoisotopic (exact) mass is 296 g/mol. The summed E-state index contributed by atoms with van der Waals surface area (Å²) in [6.07, 6.45) is 1.80. The zero-order valence-corrected chi connectivity index (χ0v) is 12.2. The summed E-state index contributed by atoms with van der Waals surface area (Å²) in [7, 11) is 0. The molecule has 2 heterocycles. The van der Waals surface area contributed by atoms with Crippen molar-refractivity contribution in [3.05, 3.63) is 59.5 Å². The van der Waals surface area contributed by atoms with Crippen molar-refractivity contribution in [3.8, 4) is 6.07 Å². The molecule has 3 rings (SSSR count). The highest BCUT2D eigenvalue weighted by Gasteiger charge is 2.19. The van der Waals surface area contributed by atoms with E-state index in [2.05, 4.69) is 20.9 Å². The molecule has 22 heavy (non-hydrogen) atoms. The lowest BCUT2D eigenvalue weighted by molar-refractivity contribution is 0.246. The summed E-state index contributed by atoms with van der Waals surface area (Å²) in [6.45, 7) is 3.99. The first-order valence-corrected chi connectivity index (χ1v) is 7.33. The standard InChI is InChI=1S/C17H17FN4/c18-16-5-4-14(12-19)11-15(16)13-21-7-9-22(10-8-21)17-3-1-2-6-20-17/h1-6,11H,7-10,13H2. The van der Waals surface area contributed by atoms with Gasteiger partial charge in [-0.05, 0) is 30.3 Å². The van der Waals surface area contributed by atoms with Gasteiger partial charge in [-0.2, -0.15) is 5.26 Å². The Kier molecular flexibility index (Phi) is 4.31. The van der Waals surface area contributed by atoms with Crippen molar-refractivity contribution in [2.75, 3.05) is 31.1 Å². The van der Waals surface area contributed by atoms with Crippen LogP contribution in [0, 0.1) is 17.1 Å². The maximum Gasteiger partial charge on any atom is 0.128 e. The second-order valence-corrected chi connectivity index (χ2v) is 5.37. The van der Waals surface area contributed by atoms with Gasteiger partial charge in [-0.1, -0.05) is 6.07 Å². The number of nitriles is 1. The minimum Gasteiger partial charge on any atom is -0.354 e. The van der Waals surface area contributed by atoms with Crippen molar-refractivity contribution in [1.82, 2.24) is 9.88 Å². The molecule has 4 nitrogen and oxygen atoms in total. The summed E-state index contributed by atoms with van der Waals surface area (Å²) in [6, 6.07) is 12.5. The molecule has 0 amide bonds. The smallest absolute Gasteiger partial charge is 0.128 e. The molecule has 5 heteroatoms. The van der Waals surface area contributed by atoms with E-state index >= 15 is 0 Å². The maximum absolute atomic E-state index is 13.8. The van der Waals surface area contributed by atoms with Crippen molar-refractivity contribution in [2.24, 2.45) is 0 Å². The van der Waals surface area contributed by atoms with E-state index in [1.54, 1.807) is 12.3 Å². The summed E-state index contributed by atoms with van der Waals surface area (Å²) in [4.78, 5) is 8.80. The fourth-order valence-electron chi connectivity index (χ4n) is 2.68. The molecule has 1 aliphatic heterocycles. The predicted octanol–water partition coefficient (Wildman–Crippen LogP) is 2.41. The van der Waals surface area contributed by atoms with Gasteiger partial charge in [-0.15, -0.1) is 0 Å². The first kappa shape index (κ1) is 14.5. The number of hydrogen-bond donors (Lipinski definition) is 0. The molecule has 0 unspecified atom stereocenters. The second kappa shape index (κ2) is 6.54. The summed E-state index contributed by atoms with van der Waals surface area (Å²) >= 11 is 0. The van der Waals surface area contributed by atoms with Crippen LogP contribution in [0.1, 0.15) is 11.1 Å². The number of anilines is 1. The van der Waals surface area contributed by atoms with E-state index in [4.69, 9.17) is 5.26 Å². The molecule has 1 aromatic heterocycles. The Hall–Kier alpha value is -2.45. The number of nitrogens with zero attached hydrogens (tertiary/aromatic N) is 4. The summed E-state index contributed by atoms with van der Waals surface area (Å²) in [5, 5.41) is 8.92. The van der Waals surface area contributed by atoms with E-state index in [0.29, 0.717) is 17.7 Å². The average molecular weight is 296 g/mol. The van der Waals surface area contributed by atoms with Crippen LogP contribution in [0.5, 0.6) is 0 Å². The molecule has 112 valence electrons. The topological polar surface area (TPSA) is 43.2 Å². The Balaban J connectivity index is 1.62.